The van der Waals surface area contributed by atoms with Crippen LogP contribution in [0.5, 0.6) is 0 Å². The molecule has 0 radical (unpaired) electrons. The molecule has 8 nitrogen and oxygen atoms in total. The molecule has 0 amide bonds. The Morgan fingerprint density at radius 1 is 0.706 bits per heavy atom. The minimum Gasteiger partial charge on any atom is -1.00 e. The number of ether oxygens (including phenoxy) is 2. The van der Waals surface area contributed by atoms with Crippen LogP contribution >= 0.6 is 7.82 Å². The molecule has 0 aromatic carbocycles. The zero-order valence-electron chi connectivity index (χ0n) is 23.1. The van der Waals surface area contributed by atoms with Crippen molar-refractivity contribution < 1.29 is 91.4 Å². The number of aliphatic carboxylic acids is 1. The molecule has 4 N–H and O–H groups in total. The summed E-state index contributed by atoms with van der Waals surface area (Å²) in [5.74, 6) is -0.926. The van der Waals surface area contributed by atoms with Crippen LogP contribution in [0.25, 0.3) is 0 Å². The van der Waals surface area contributed by atoms with Crippen LogP contribution in [0.3, 0.4) is 0 Å². The monoisotopic (exact) mass is 538 g/mol. The van der Waals surface area contributed by atoms with Gasteiger partial charge in [-0.3, -0.25) is 0 Å². The molecule has 0 aromatic rings. The summed E-state index contributed by atoms with van der Waals surface area (Å²) in [6.07, 6.45) is 22.4. The average Bonchev–Trinajstić information content (AvgIpc) is 2.73. The smallest absolute Gasteiger partial charge is 1.00 e. The molecule has 1 unspecified atom stereocenters. The first-order chi connectivity index (χ1) is 15.7. The minimum atomic E-state index is -4.64. The molecule has 0 spiro atoms. The molecule has 0 bridgehead atoms. The van der Waals surface area contributed by atoms with Gasteiger partial charge in [0.1, 0.15) is 6.61 Å². The van der Waals surface area contributed by atoms with Gasteiger partial charge in [-0.1, -0.05) is 110 Å². The number of carbonyl (C=O) groups is 1. The van der Waals surface area contributed by atoms with E-state index in [1.807, 2.05) is 0 Å². The van der Waals surface area contributed by atoms with Crippen molar-refractivity contribution in [2.45, 2.75) is 136 Å². The summed E-state index contributed by atoms with van der Waals surface area (Å²) in [5.41, 5.74) is 0. The number of carboxylic acid groups (broad SMARTS) is 1. The number of unbranched alkanes of at least 4 members (excludes halogenated alkanes) is 15. The van der Waals surface area contributed by atoms with Gasteiger partial charge in [0, 0.05) is 6.61 Å². The predicted molar refractivity (Wildman–Crippen MR) is 133 cm³/mol. The largest absolute Gasteiger partial charge is 1.00 e. The molecule has 0 aliphatic heterocycles. The Hall–Kier alpha value is 1.14. The van der Waals surface area contributed by atoms with Gasteiger partial charge in [0.15, 0.2) is 6.29 Å². The summed E-state index contributed by atoms with van der Waals surface area (Å²) in [7, 11) is -4.64. The molecule has 1 atom stereocenters. The second kappa shape index (κ2) is 30.4. The molecule has 0 fully saturated rings. The van der Waals surface area contributed by atoms with Crippen molar-refractivity contribution in [3.8, 4) is 0 Å². The molecule has 10 heteroatoms. The summed E-state index contributed by atoms with van der Waals surface area (Å²) >= 11 is 0. The van der Waals surface area contributed by atoms with E-state index >= 15 is 0 Å². The van der Waals surface area contributed by atoms with E-state index < -0.39 is 13.8 Å². The Kier molecular flexibility index (Phi) is 35.4. The van der Waals surface area contributed by atoms with E-state index in [-0.39, 0.29) is 65.7 Å². The van der Waals surface area contributed by atoms with E-state index in [1.54, 1.807) is 0 Å². The standard InChI is InChI=1S/C24H48O4.K.H3O4P.H/c1-3-5-7-9-10-11-12-13-14-15-16-17-18-20-24(28-22-23(25)26)27-21-19-8-6-4-2;;1-5(2,3)4;/h24H,3-22H2,1-2H3,(H,25,26);;(H3,1,2,3,4);/q;+1;;-1. The van der Waals surface area contributed by atoms with E-state index in [0.29, 0.717) is 6.61 Å². The normalized spacial score (nSPS) is 11.9. The molecule has 0 aliphatic rings. The first-order valence-electron chi connectivity index (χ1n) is 12.9. The van der Waals surface area contributed by atoms with E-state index in [9.17, 15) is 4.79 Å². The van der Waals surface area contributed by atoms with Crippen LogP contribution in [0.2, 0.25) is 0 Å². The molecule has 0 aliphatic carbocycles. The van der Waals surface area contributed by atoms with Gasteiger partial charge in [0.2, 0.25) is 0 Å². The second-order valence-electron chi connectivity index (χ2n) is 8.61. The zero-order chi connectivity index (χ0) is 25.2. The fourth-order valence-electron chi connectivity index (χ4n) is 3.45. The van der Waals surface area contributed by atoms with Gasteiger partial charge < -0.3 is 30.7 Å². The third kappa shape index (κ3) is 43.2. The van der Waals surface area contributed by atoms with Gasteiger partial charge >= 0.3 is 65.2 Å². The third-order valence-corrected chi connectivity index (χ3v) is 5.24. The summed E-state index contributed by atoms with van der Waals surface area (Å²) in [6, 6.07) is 0. The Labute approximate surface area is 252 Å². The molecular formula is C24H52KO8P. The fourth-order valence-corrected chi connectivity index (χ4v) is 3.45. The van der Waals surface area contributed by atoms with Crippen molar-refractivity contribution in [2.24, 2.45) is 0 Å². The van der Waals surface area contributed by atoms with Crippen molar-refractivity contribution in [1.29, 1.82) is 0 Å². The quantitative estimate of drug-likeness (QED) is 0.0670. The molecule has 202 valence electrons. The van der Waals surface area contributed by atoms with Crippen LogP contribution in [0.4, 0.5) is 0 Å². The van der Waals surface area contributed by atoms with E-state index in [0.717, 1.165) is 19.3 Å². The second-order valence-corrected chi connectivity index (χ2v) is 9.64. The fraction of sp³-hybridized carbons (Fsp3) is 0.958. The predicted octanol–water partition coefficient (Wildman–Crippen LogP) is 3.68. The number of rotatable bonds is 23. The number of hydrogen-bond donors (Lipinski definition) is 4. The topological polar surface area (TPSA) is 134 Å². The minimum absolute atomic E-state index is 0. The molecule has 34 heavy (non-hydrogen) atoms. The van der Waals surface area contributed by atoms with E-state index in [2.05, 4.69) is 13.8 Å². The first kappa shape index (κ1) is 39.6. The SMILES string of the molecule is CCCCCCCCCCCCCCCC(OCCCCCC)OCC(=O)O.O=P(O)(O)O.[H-].[K+]. The summed E-state index contributed by atoms with van der Waals surface area (Å²) in [6.45, 7) is 4.86. The Bertz CT molecular complexity index is 461. The number of carboxylic acids is 1. The van der Waals surface area contributed by atoms with Gasteiger partial charge in [-0.2, -0.15) is 0 Å². The summed E-state index contributed by atoms with van der Waals surface area (Å²) in [4.78, 5) is 32.3. The third-order valence-electron chi connectivity index (χ3n) is 5.24. The van der Waals surface area contributed by atoms with Gasteiger partial charge in [-0.15, -0.1) is 0 Å². The molecule has 0 rings (SSSR count). The Morgan fingerprint density at radius 3 is 1.44 bits per heavy atom. The van der Waals surface area contributed by atoms with Crippen LogP contribution in [0, 0.1) is 0 Å². The summed E-state index contributed by atoms with van der Waals surface area (Å²) < 4.78 is 20.0. The zero-order valence-corrected chi connectivity index (χ0v) is 26.1. The molecular weight excluding hydrogens is 486 g/mol. The maximum atomic E-state index is 10.7. The van der Waals surface area contributed by atoms with Crippen LogP contribution in [0.15, 0.2) is 0 Å². The molecule has 0 heterocycles. The summed E-state index contributed by atoms with van der Waals surface area (Å²) in [5, 5.41) is 8.81. The first-order valence-corrected chi connectivity index (χ1v) is 14.5. The van der Waals surface area contributed by atoms with Crippen LogP contribution in [-0.4, -0.2) is 45.3 Å². The van der Waals surface area contributed by atoms with Crippen molar-refractivity contribution in [2.75, 3.05) is 13.2 Å². The van der Waals surface area contributed by atoms with Gasteiger partial charge in [0.05, 0.1) is 0 Å². The van der Waals surface area contributed by atoms with Crippen molar-refractivity contribution in [3.63, 3.8) is 0 Å². The van der Waals surface area contributed by atoms with Gasteiger partial charge in [-0.05, 0) is 19.3 Å². The molecule has 0 saturated heterocycles. The van der Waals surface area contributed by atoms with Crippen molar-refractivity contribution >= 4 is 13.8 Å². The van der Waals surface area contributed by atoms with Crippen LogP contribution in [-0.2, 0) is 18.8 Å². The van der Waals surface area contributed by atoms with Crippen molar-refractivity contribution in [1.82, 2.24) is 0 Å². The maximum Gasteiger partial charge on any atom is 1.00 e. The Morgan fingerprint density at radius 2 is 1.06 bits per heavy atom. The molecule has 0 saturated carbocycles. The molecule has 0 aromatic heterocycles. The van der Waals surface area contributed by atoms with Crippen LogP contribution in [0.1, 0.15) is 131 Å². The number of hydrogen-bond acceptors (Lipinski definition) is 4. The van der Waals surface area contributed by atoms with Gasteiger partial charge in [0.25, 0.3) is 0 Å². The van der Waals surface area contributed by atoms with Gasteiger partial charge in [-0.25, -0.2) is 9.36 Å². The number of phosphoric acid groups is 1. The Balaban J connectivity index is -0.000000619. The van der Waals surface area contributed by atoms with Crippen molar-refractivity contribution in [3.05, 3.63) is 0 Å². The van der Waals surface area contributed by atoms with E-state index in [1.165, 1.54) is 96.3 Å². The maximum absolute atomic E-state index is 10.7. The van der Waals surface area contributed by atoms with Crippen LogP contribution < -0.4 is 51.4 Å². The average molecular weight is 539 g/mol. The van der Waals surface area contributed by atoms with E-state index in [4.69, 9.17) is 33.8 Å².